The summed E-state index contributed by atoms with van der Waals surface area (Å²) in [5.41, 5.74) is 4.23. The lowest BCUT2D eigenvalue weighted by atomic mass is 9.98. The second kappa shape index (κ2) is 20.2. The van der Waals surface area contributed by atoms with Gasteiger partial charge in [-0.05, 0) is 53.9 Å². The Labute approximate surface area is 325 Å². The zero-order chi connectivity index (χ0) is 41.0. The third kappa shape index (κ3) is 11.5. The molecular weight excluding hydrogens is 737 g/mol. The Balaban J connectivity index is 1.66. The zero-order valence-electron chi connectivity index (χ0n) is 32.5. The number of alkyl halides is 3. The van der Waals surface area contributed by atoms with Crippen molar-refractivity contribution in [3.8, 4) is 28.4 Å². The van der Waals surface area contributed by atoms with Crippen LogP contribution in [0.1, 0.15) is 68.6 Å². The fourth-order valence-corrected chi connectivity index (χ4v) is 6.97. The smallest absolute Gasteiger partial charge is 0.407 e. The number of aliphatic carboxylic acids is 1. The van der Waals surface area contributed by atoms with Crippen LogP contribution in [0.15, 0.2) is 60.7 Å². The summed E-state index contributed by atoms with van der Waals surface area (Å²) in [6, 6.07) is 15.5. The third-order valence-electron chi connectivity index (χ3n) is 9.50. The lowest BCUT2D eigenvalue weighted by Gasteiger charge is -2.38. The summed E-state index contributed by atoms with van der Waals surface area (Å²) < 4.78 is 76.3. The van der Waals surface area contributed by atoms with Gasteiger partial charge in [0.15, 0.2) is 6.29 Å². The number of halogens is 3. The summed E-state index contributed by atoms with van der Waals surface area (Å²) in [6.07, 6.45) is -8.06. The predicted molar refractivity (Wildman–Crippen MR) is 198 cm³/mol. The topological polar surface area (TPSA) is 145 Å². The quantitative estimate of drug-likeness (QED) is 0.0976. The molecule has 0 saturated carbocycles. The SMILES string of the molecule is COc1cc(OCCCCC(=O)[O-])cc(OC)c1CN(C(=O)[C@H](CC(C)C)NC(=O)OCC1c2ccccc2-c2ccccc21)C(CC(F)(F)F)C(OC)OC. The minimum absolute atomic E-state index is 0.0438. The normalized spacial score (nSPS) is 13.5. The van der Waals surface area contributed by atoms with Crippen LogP contribution in [0.2, 0.25) is 0 Å². The highest BCUT2D eigenvalue weighted by atomic mass is 19.4. The molecule has 0 spiro atoms. The number of unbranched alkanes of at least 4 members (excludes halogenated alkanes) is 1. The second-order valence-electron chi connectivity index (χ2n) is 13.8. The van der Waals surface area contributed by atoms with Gasteiger partial charge in [-0.2, -0.15) is 13.2 Å². The molecule has 0 aromatic heterocycles. The number of hydrogen-bond acceptors (Lipinski definition) is 10. The standard InChI is InChI=1S/C41H51F3N2O10/c1-25(2)19-33(45-40(50)56-24-32-29-15-9-7-13-27(29)28-14-8-10-16-30(28)32)38(49)46(34(22-41(42,43)44)39(53-5)54-6)23-31-35(51-3)20-26(21-36(31)52-4)55-18-12-11-17-37(47)48/h7-10,13-16,20-21,25,32-34,39H,11-12,17-19,22-24H2,1-6H3,(H,45,50)(H,47,48)/p-1/t33-,34?/m0/s1. The number of carboxylic acids is 1. The van der Waals surface area contributed by atoms with E-state index >= 15 is 0 Å². The van der Waals surface area contributed by atoms with Crippen molar-refractivity contribution < 1.29 is 61.1 Å². The zero-order valence-corrected chi connectivity index (χ0v) is 32.5. The van der Waals surface area contributed by atoms with E-state index < -0.39 is 55.5 Å². The van der Waals surface area contributed by atoms with Crippen LogP contribution in [0.25, 0.3) is 11.1 Å². The molecule has 306 valence electrons. The van der Waals surface area contributed by atoms with Crippen LogP contribution in [0.4, 0.5) is 18.0 Å². The molecule has 4 rings (SSSR count). The van der Waals surface area contributed by atoms with E-state index in [1.165, 1.54) is 40.6 Å². The summed E-state index contributed by atoms with van der Waals surface area (Å²) in [5.74, 6) is -1.93. The van der Waals surface area contributed by atoms with Crippen LogP contribution in [0, 0.1) is 5.92 Å². The van der Waals surface area contributed by atoms with Crippen molar-refractivity contribution in [2.24, 2.45) is 5.92 Å². The predicted octanol–water partition coefficient (Wildman–Crippen LogP) is 6.22. The minimum Gasteiger partial charge on any atom is -0.550 e. The van der Waals surface area contributed by atoms with Gasteiger partial charge in [-0.25, -0.2) is 4.79 Å². The molecule has 1 aliphatic rings. The molecule has 2 atom stereocenters. The molecule has 1 N–H and O–H groups in total. The van der Waals surface area contributed by atoms with E-state index in [1.54, 1.807) is 0 Å². The van der Waals surface area contributed by atoms with E-state index in [0.29, 0.717) is 12.8 Å². The number of rotatable bonds is 21. The molecule has 3 aromatic rings. The average molecular weight is 788 g/mol. The van der Waals surface area contributed by atoms with Gasteiger partial charge in [-0.15, -0.1) is 0 Å². The van der Waals surface area contributed by atoms with E-state index in [2.05, 4.69) is 5.32 Å². The first-order chi connectivity index (χ1) is 26.7. The van der Waals surface area contributed by atoms with Gasteiger partial charge >= 0.3 is 12.3 Å². The van der Waals surface area contributed by atoms with Crippen LogP contribution >= 0.6 is 0 Å². The molecule has 56 heavy (non-hydrogen) atoms. The van der Waals surface area contributed by atoms with Crippen LogP contribution in [-0.2, 0) is 30.3 Å². The Kier molecular flexibility index (Phi) is 15.8. The molecule has 0 heterocycles. The third-order valence-corrected chi connectivity index (χ3v) is 9.50. The van der Waals surface area contributed by atoms with Gasteiger partial charge in [0.1, 0.15) is 29.9 Å². The van der Waals surface area contributed by atoms with Crippen LogP contribution in [0.5, 0.6) is 17.2 Å². The molecule has 0 fully saturated rings. The molecule has 0 bridgehead atoms. The highest BCUT2D eigenvalue weighted by Gasteiger charge is 2.44. The Morgan fingerprint density at radius 3 is 1.95 bits per heavy atom. The van der Waals surface area contributed by atoms with E-state index in [1.807, 2.05) is 62.4 Å². The summed E-state index contributed by atoms with van der Waals surface area (Å²) in [7, 11) is 5.02. The van der Waals surface area contributed by atoms with Crippen molar-refractivity contribution in [3.63, 3.8) is 0 Å². The number of carboxylic acid groups (broad SMARTS) is 1. The summed E-state index contributed by atoms with van der Waals surface area (Å²) in [6.45, 7) is 3.25. The van der Waals surface area contributed by atoms with Gasteiger partial charge in [0.05, 0.1) is 45.4 Å². The monoisotopic (exact) mass is 787 g/mol. The Bertz CT molecular complexity index is 1710. The van der Waals surface area contributed by atoms with Gasteiger partial charge in [-0.3, -0.25) is 4.79 Å². The number of benzene rings is 3. The average Bonchev–Trinajstić information content (AvgIpc) is 3.48. The number of ether oxygens (including phenoxy) is 6. The van der Waals surface area contributed by atoms with Gasteiger partial charge in [0.2, 0.25) is 5.91 Å². The molecule has 3 aromatic carbocycles. The molecule has 0 aliphatic heterocycles. The number of nitrogens with zero attached hydrogens (tertiary/aromatic N) is 1. The van der Waals surface area contributed by atoms with Gasteiger partial charge in [0, 0.05) is 38.2 Å². The molecular formula is C41H50F3N2O10-. The fraction of sp³-hybridized carbons (Fsp3) is 0.488. The number of alkyl carbamates (subject to hydrolysis) is 1. The van der Waals surface area contributed by atoms with E-state index in [4.69, 9.17) is 28.4 Å². The molecule has 1 aliphatic carbocycles. The van der Waals surface area contributed by atoms with Gasteiger partial charge < -0.3 is 48.5 Å². The lowest BCUT2D eigenvalue weighted by molar-refractivity contribution is -0.305. The maximum atomic E-state index is 14.7. The van der Waals surface area contributed by atoms with Crippen LogP contribution < -0.4 is 24.6 Å². The highest BCUT2D eigenvalue weighted by molar-refractivity contribution is 5.86. The van der Waals surface area contributed by atoms with Crippen molar-refractivity contribution in [2.45, 2.75) is 83.0 Å². The minimum atomic E-state index is -4.77. The summed E-state index contributed by atoms with van der Waals surface area (Å²) >= 11 is 0. The van der Waals surface area contributed by atoms with E-state index in [0.717, 1.165) is 27.2 Å². The maximum Gasteiger partial charge on any atom is 0.407 e. The molecule has 0 saturated heterocycles. The van der Waals surface area contributed by atoms with Crippen molar-refractivity contribution in [1.82, 2.24) is 10.2 Å². The van der Waals surface area contributed by atoms with Crippen LogP contribution in [0.3, 0.4) is 0 Å². The number of hydrogen-bond donors (Lipinski definition) is 1. The van der Waals surface area contributed by atoms with Crippen molar-refractivity contribution in [2.75, 3.05) is 41.7 Å². The first-order valence-electron chi connectivity index (χ1n) is 18.3. The van der Waals surface area contributed by atoms with Crippen molar-refractivity contribution in [1.29, 1.82) is 0 Å². The Hall–Kier alpha value is -5.02. The van der Waals surface area contributed by atoms with E-state index in [-0.39, 0.29) is 60.7 Å². The molecule has 1 unspecified atom stereocenters. The number of carbonyl (C=O) groups excluding carboxylic acids is 3. The highest BCUT2D eigenvalue weighted by Crippen LogP contribution is 2.44. The maximum absolute atomic E-state index is 14.7. The van der Waals surface area contributed by atoms with Crippen LogP contribution in [-0.4, -0.2) is 89.1 Å². The van der Waals surface area contributed by atoms with Gasteiger partial charge in [0.25, 0.3) is 0 Å². The largest absolute Gasteiger partial charge is 0.550 e. The molecule has 0 radical (unpaired) electrons. The lowest BCUT2D eigenvalue weighted by Crippen LogP contribution is -2.56. The Morgan fingerprint density at radius 2 is 1.45 bits per heavy atom. The van der Waals surface area contributed by atoms with Crippen molar-refractivity contribution >= 4 is 18.0 Å². The summed E-state index contributed by atoms with van der Waals surface area (Å²) in [5, 5.41) is 13.4. The molecule has 12 nitrogen and oxygen atoms in total. The number of methoxy groups -OCH3 is 4. The first kappa shape index (κ1) is 43.7. The second-order valence-corrected chi connectivity index (χ2v) is 13.8. The first-order valence-corrected chi connectivity index (χ1v) is 18.3. The van der Waals surface area contributed by atoms with Crippen molar-refractivity contribution in [3.05, 3.63) is 77.4 Å². The number of fused-ring (bicyclic) bond motifs is 3. The molecule has 15 heteroatoms. The number of nitrogens with one attached hydrogen (secondary N) is 1. The van der Waals surface area contributed by atoms with E-state index in [9.17, 15) is 32.7 Å². The van der Waals surface area contributed by atoms with Gasteiger partial charge in [-0.1, -0.05) is 62.4 Å². The number of amides is 2. The number of carbonyl (C=O) groups is 3. The molecule has 2 amide bonds. The Morgan fingerprint density at radius 1 is 0.875 bits per heavy atom. The summed E-state index contributed by atoms with van der Waals surface area (Å²) in [4.78, 5) is 40.0. The fourth-order valence-electron chi connectivity index (χ4n) is 6.97.